The molecule has 1 saturated heterocycles. The van der Waals surface area contributed by atoms with E-state index in [1.807, 2.05) is 19.0 Å². The van der Waals surface area contributed by atoms with Crippen molar-refractivity contribution in [1.82, 2.24) is 10.2 Å². The molecule has 1 fully saturated rings. The van der Waals surface area contributed by atoms with Crippen molar-refractivity contribution >= 4 is 19.7 Å². The summed E-state index contributed by atoms with van der Waals surface area (Å²) in [5, 5.41) is 2.14. The van der Waals surface area contributed by atoms with Crippen LogP contribution in [0.4, 0.5) is 0 Å². The number of sulfone groups is 2. The fourth-order valence-electron chi connectivity index (χ4n) is 3.24. The molecule has 1 aromatic rings. The molecule has 9 heteroatoms. The van der Waals surface area contributed by atoms with Crippen LogP contribution in [0.5, 0.6) is 5.75 Å². The molecule has 1 aliphatic rings. The number of methoxy groups -OCH3 is 1. The number of rotatable bonds is 7. The number of nitrogens with zero attached hydrogens (tertiary/aromatic N) is 1. The first kappa shape index (κ1) is 21.1. The predicted octanol–water partition coefficient (Wildman–Crippen LogP) is 0.403. The molecule has 26 heavy (non-hydrogen) atoms. The number of aryl methyl sites for hydroxylation is 2. The smallest absolute Gasteiger partial charge is 0.184 e. The van der Waals surface area contributed by atoms with Gasteiger partial charge in [0.2, 0.25) is 0 Å². The van der Waals surface area contributed by atoms with Gasteiger partial charge in [-0.25, -0.2) is 16.8 Å². The van der Waals surface area contributed by atoms with Gasteiger partial charge in [-0.05, 0) is 51.2 Å². The molecule has 1 heterocycles. The van der Waals surface area contributed by atoms with Crippen molar-refractivity contribution in [2.75, 3.05) is 45.8 Å². The summed E-state index contributed by atoms with van der Waals surface area (Å²) in [7, 11) is -1.85. The van der Waals surface area contributed by atoms with Gasteiger partial charge in [0.1, 0.15) is 5.75 Å². The van der Waals surface area contributed by atoms with Gasteiger partial charge in [0.05, 0.1) is 28.8 Å². The topological polar surface area (TPSA) is 92.8 Å². The summed E-state index contributed by atoms with van der Waals surface area (Å²) < 4.78 is 56.0. The number of benzene rings is 1. The normalized spacial score (nSPS) is 22.7. The highest BCUT2D eigenvalue weighted by atomic mass is 32.2. The Balaban J connectivity index is 2.37. The first-order chi connectivity index (χ1) is 12.0. The Hall–Kier alpha value is -1.16. The standard InChI is InChI=1S/C17H28N2O5S2/c1-12-9-16(13(2)8-15(12)24-5)26(22,23)17-11-25(20,21)10-14(17)18-6-7-19(3)4/h8-9,14,17-18H,6-7,10-11H2,1-5H3/t14-,17-/m0/s1. The second-order valence-corrected chi connectivity index (χ2v) is 11.4. The second kappa shape index (κ2) is 7.84. The van der Waals surface area contributed by atoms with Gasteiger partial charge in [-0.2, -0.15) is 0 Å². The van der Waals surface area contributed by atoms with Crippen LogP contribution < -0.4 is 10.1 Å². The van der Waals surface area contributed by atoms with Gasteiger partial charge in [-0.3, -0.25) is 0 Å². The van der Waals surface area contributed by atoms with Crippen LogP contribution in [0.1, 0.15) is 11.1 Å². The molecule has 1 aromatic carbocycles. The van der Waals surface area contributed by atoms with E-state index in [0.29, 0.717) is 30.0 Å². The molecular weight excluding hydrogens is 376 g/mol. The molecule has 148 valence electrons. The highest BCUT2D eigenvalue weighted by molar-refractivity contribution is 7.96. The van der Waals surface area contributed by atoms with Crippen molar-refractivity contribution in [3.8, 4) is 5.75 Å². The Kier molecular flexibility index (Phi) is 6.37. The predicted molar refractivity (Wildman–Crippen MR) is 102 cm³/mol. The first-order valence-electron chi connectivity index (χ1n) is 8.45. The van der Waals surface area contributed by atoms with E-state index >= 15 is 0 Å². The molecule has 1 N–H and O–H groups in total. The van der Waals surface area contributed by atoms with Crippen LogP contribution in [0, 0.1) is 13.8 Å². The van der Waals surface area contributed by atoms with Gasteiger partial charge in [0, 0.05) is 19.1 Å². The molecule has 0 radical (unpaired) electrons. The fourth-order valence-corrected chi connectivity index (χ4v) is 8.26. The minimum atomic E-state index is -3.80. The average molecular weight is 405 g/mol. The molecule has 1 aliphatic heterocycles. The van der Waals surface area contributed by atoms with Gasteiger partial charge < -0.3 is 15.0 Å². The quantitative estimate of drug-likeness (QED) is 0.703. The minimum Gasteiger partial charge on any atom is -0.496 e. The van der Waals surface area contributed by atoms with Gasteiger partial charge in [0.25, 0.3) is 0 Å². The average Bonchev–Trinajstić information content (AvgIpc) is 2.84. The maximum atomic E-state index is 13.2. The summed E-state index contributed by atoms with van der Waals surface area (Å²) in [6.07, 6.45) is 0. The van der Waals surface area contributed by atoms with Crippen LogP contribution in [0.25, 0.3) is 0 Å². The Morgan fingerprint density at radius 1 is 1.19 bits per heavy atom. The minimum absolute atomic E-state index is 0.154. The van der Waals surface area contributed by atoms with Crippen LogP contribution in [0.3, 0.4) is 0 Å². The Morgan fingerprint density at radius 3 is 2.42 bits per heavy atom. The monoisotopic (exact) mass is 404 g/mol. The lowest BCUT2D eigenvalue weighted by Gasteiger charge is -2.22. The second-order valence-electron chi connectivity index (χ2n) is 7.11. The number of hydrogen-bond donors (Lipinski definition) is 1. The van der Waals surface area contributed by atoms with Gasteiger partial charge in [-0.1, -0.05) is 0 Å². The van der Waals surface area contributed by atoms with E-state index in [2.05, 4.69) is 5.32 Å². The molecule has 7 nitrogen and oxygen atoms in total. The summed E-state index contributed by atoms with van der Waals surface area (Å²) >= 11 is 0. The van der Waals surface area contributed by atoms with E-state index in [1.165, 1.54) is 7.11 Å². The van der Waals surface area contributed by atoms with E-state index in [4.69, 9.17) is 4.74 Å². The van der Waals surface area contributed by atoms with E-state index in [1.54, 1.807) is 26.0 Å². The lowest BCUT2D eigenvalue weighted by Crippen LogP contribution is -2.45. The largest absolute Gasteiger partial charge is 0.496 e. The highest BCUT2D eigenvalue weighted by Crippen LogP contribution is 2.31. The zero-order chi connectivity index (χ0) is 19.7. The maximum absolute atomic E-state index is 13.2. The first-order valence-corrected chi connectivity index (χ1v) is 11.8. The van der Waals surface area contributed by atoms with Crippen molar-refractivity contribution in [1.29, 1.82) is 0 Å². The van der Waals surface area contributed by atoms with E-state index in [-0.39, 0.29) is 16.4 Å². The van der Waals surface area contributed by atoms with Gasteiger partial charge in [0.15, 0.2) is 19.7 Å². The summed E-state index contributed by atoms with van der Waals surface area (Å²) in [5.41, 5.74) is 1.26. The summed E-state index contributed by atoms with van der Waals surface area (Å²) in [4.78, 5) is 2.13. The molecule has 0 unspecified atom stereocenters. The molecular formula is C17H28N2O5S2. The molecule has 0 spiro atoms. The molecule has 0 aromatic heterocycles. The van der Waals surface area contributed by atoms with Crippen molar-refractivity contribution in [3.05, 3.63) is 23.3 Å². The molecule has 0 amide bonds. The van der Waals surface area contributed by atoms with Gasteiger partial charge in [-0.15, -0.1) is 0 Å². The molecule has 0 bridgehead atoms. The van der Waals surface area contributed by atoms with Gasteiger partial charge >= 0.3 is 0 Å². The number of hydrogen-bond acceptors (Lipinski definition) is 7. The van der Waals surface area contributed by atoms with Crippen LogP contribution in [0.15, 0.2) is 17.0 Å². The van der Waals surface area contributed by atoms with E-state index in [0.717, 1.165) is 0 Å². The third-order valence-electron chi connectivity index (χ3n) is 4.66. The lowest BCUT2D eigenvalue weighted by atomic mass is 10.1. The Bertz CT molecular complexity index is 863. The van der Waals surface area contributed by atoms with Crippen molar-refractivity contribution in [2.24, 2.45) is 0 Å². The van der Waals surface area contributed by atoms with E-state index in [9.17, 15) is 16.8 Å². The number of likely N-dealkylation sites (N-methyl/N-ethyl adjacent to an activating group) is 1. The Morgan fingerprint density at radius 2 is 1.85 bits per heavy atom. The lowest BCUT2D eigenvalue weighted by molar-refractivity contribution is 0.388. The Labute approximate surface area is 156 Å². The zero-order valence-electron chi connectivity index (χ0n) is 15.9. The van der Waals surface area contributed by atoms with Crippen LogP contribution in [-0.2, 0) is 19.7 Å². The summed E-state index contributed by atoms with van der Waals surface area (Å²) in [5.74, 6) is 0.110. The van der Waals surface area contributed by atoms with Crippen molar-refractivity contribution in [2.45, 2.75) is 30.0 Å². The molecule has 2 atom stereocenters. The fraction of sp³-hybridized carbons (Fsp3) is 0.647. The number of ether oxygens (including phenoxy) is 1. The third-order valence-corrected chi connectivity index (χ3v) is 8.95. The third kappa shape index (κ3) is 4.57. The number of nitrogens with one attached hydrogen (secondary N) is 1. The SMILES string of the molecule is COc1cc(C)c(S(=O)(=O)[C@H]2CS(=O)(=O)C[C@@H]2NCCN(C)C)cc1C. The van der Waals surface area contributed by atoms with Crippen LogP contribution >= 0.6 is 0 Å². The summed E-state index contributed by atoms with van der Waals surface area (Å²) in [6, 6.07) is 2.65. The molecule has 0 aliphatic carbocycles. The zero-order valence-corrected chi connectivity index (χ0v) is 17.6. The molecule has 0 saturated carbocycles. The maximum Gasteiger partial charge on any atom is 0.184 e. The van der Waals surface area contributed by atoms with Crippen molar-refractivity contribution < 1.29 is 21.6 Å². The van der Waals surface area contributed by atoms with Crippen LogP contribution in [-0.4, -0.2) is 78.8 Å². The highest BCUT2D eigenvalue weighted by Gasteiger charge is 2.46. The van der Waals surface area contributed by atoms with Crippen molar-refractivity contribution in [3.63, 3.8) is 0 Å². The van der Waals surface area contributed by atoms with E-state index < -0.39 is 31.0 Å². The molecule has 2 rings (SSSR count). The van der Waals surface area contributed by atoms with Crippen LogP contribution in [0.2, 0.25) is 0 Å². The summed E-state index contributed by atoms with van der Waals surface area (Å²) in [6.45, 7) is 4.70.